The Balaban J connectivity index is 1.44. The molecule has 0 amide bonds. The highest BCUT2D eigenvalue weighted by molar-refractivity contribution is 7.61. The van der Waals surface area contributed by atoms with Gasteiger partial charge in [-0.3, -0.25) is 19.9 Å². The van der Waals surface area contributed by atoms with E-state index in [0.29, 0.717) is 0 Å². The number of rotatable bonds is 6. The van der Waals surface area contributed by atoms with Crippen molar-refractivity contribution in [2.24, 2.45) is 44.9 Å². The molecule has 0 unspecified atom stereocenters. The lowest BCUT2D eigenvalue weighted by molar-refractivity contribution is 0.185. The van der Waals surface area contributed by atoms with Crippen LogP contribution in [0.3, 0.4) is 0 Å². The van der Waals surface area contributed by atoms with E-state index in [9.17, 15) is 5.16 Å². The van der Waals surface area contributed by atoms with Gasteiger partial charge in [-0.05, 0) is 79.1 Å². The van der Waals surface area contributed by atoms with E-state index in [0.717, 1.165) is 118 Å². The van der Waals surface area contributed by atoms with Crippen molar-refractivity contribution in [1.82, 2.24) is 56.7 Å². The molecule has 0 aromatic carbocycles. The highest BCUT2D eigenvalue weighted by Crippen LogP contribution is 2.62. The number of nitrogens with one attached hydrogen (secondary N) is 1. The maximum Gasteiger partial charge on any atom is 0.356 e. The fourth-order valence-electron chi connectivity index (χ4n) is 8.19. The van der Waals surface area contributed by atoms with Gasteiger partial charge in [0.05, 0.1) is 0 Å². The molecule has 0 aromatic rings. The largest absolute Gasteiger partial charge is 0.356 e. The highest BCUT2D eigenvalue weighted by Gasteiger charge is 2.42. The minimum atomic E-state index is -3.82. The maximum absolute atomic E-state index is 9.62. The molecule has 302 valence electrons. The molecule has 9 fully saturated rings. The van der Waals surface area contributed by atoms with Crippen molar-refractivity contribution in [2.75, 3.05) is 181 Å². The summed E-state index contributed by atoms with van der Waals surface area (Å²) in [6.45, 7) is 16.5. The third kappa shape index (κ3) is 8.31. The Morgan fingerprint density at radius 3 is 0.660 bits per heavy atom. The van der Waals surface area contributed by atoms with E-state index in [-0.39, 0.29) is 0 Å². The first-order valence-electron chi connectivity index (χ1n) is 18.6. The van der Waals surface area contributed by atoms with Crippen LogP contribution < -0.4 is 0 Å². The number of hydrogen-bond acceptors (Lipinski definition) is 4. The molecule has 9 heterocycles. The fraction of sp³-hybridized carbons (Fsp3) is 1.00. The van der Waals surface area contributed by atoms with Crippen molar-refractivity contribution in [3.05, 3.63) is 0 Å². The molecule has 26 heteroatoms. The van der Waals surface area contributed by atoms with Crippen LogP contribution in [0.5, 0.6) is 0 Å². The van der Waals surface area contributed by atoms with Crippen LogP contribution in [0.2, 0.25) is 0 Å². The molecular weight excluding hydrogens is 756 g/mol. The molecule has 0 spiro atoms. The summed E-state index contributed by atoms with van der Waals surface area (Å²) in [6, 6.07) is 0. The molecule has 0 radical (unpaired) electrons. The topological polar surface area (TPSA) is 174 Å². The number of hydrogen-bond donors (Lipinski definition) is 1. The Bertz CT molecular complexity index is 1290. The monoisotopic (exact) mass is 820 g/mol. The van der Waals surface area contributed by atoms with Crippen LogP contribution in [0.25, 0.3) is 0 Å². The highest BCUT2D eigenvalue weighted by atomic mass is 31.2. The van der Waals surface area contributed by atoms with Crippen molar-refractivity contribution in [1.29, 1.82) is 5.16 Å². The zero-order chi connectivity index (χ0) is 38.0. The average molecular weight is 821 g/mol. The van der Waals surface area contributed by atoms with Gasteiger partial charge in [0.15, 0.2) is 22.5 Å². The summed E-state index contributed by atoms with van der Waals surface area (Å²) < 4.78 is 20.8. The molecule has 9 saturated heterocycles. The Kier molecular flexibility index (Phi) is 13.7. The predicted octanol–water partition coefficient (Wildman–Crippen LogP) is 3.83. The van der Waals surface area contributed by atoms with E-state index in [1.54, 1.807) is 0 Å². The van der Waals surface area contributed by atoms with Gasteiger partial charge in [-0.1, -0.05) is 14.7 Å². The van der Waals surface area contributed by atoms with Crippen molar-refractivity contribution < 1.29 is 0 Å². The van der Waals surface area contributed by atoms with Gasteiger partial charge in [-0.25, -0.2) is 42.0 Å². The van der Waals surface area contributed by atoms with Crippen molar-refractivity contribution in [2.45, 2.75) is 0 Å². The smallest absolute Gasteiger partial charge is 0.299 e. The van der Waals surface area contributed by atoms with E-state index in [1.807, 2.05) is 0 Å². The summed E-state index contributed by atoms with van der Waals surface area (Å²) in [6.07, 6.45) is 0. The second-order valence-corrected chi connectivity index (χ2v) is 26.5. The Morgan fingerprint density at radius 2 is 0.491 bits per heavy atom. The Morgan fingerprint density at radius 1 is 0.321 bits per heavy atom. The molecule has 22 nitrogen and oxygen atoms in total. The standard InChI is InChI=1S/C27H64N22P4/c1-38-10-19-47-20-11-39(2)51(38,40(3)12-21-47)35-29-32-50(28,33-30-36-52-41(4)13-22-48(23-14-42(52)5)24-15-43(52)6)34-31-37-53-44(7)16-25-49(26-17-45(53)8)27-18-46(53)9/h28H,10-27H2,1-9H3/b32-29+,33-30+,34-31+. The van der Waals surface area contributed by atoms with E-state index in [4.69, 9.17) is 14.6 Å². The molecular formula is C27H64N22P4. The number of nitrogens with zero attached hydrogens (tertiary/aromatic N) is 21. The minimum Gasteiger partial charge on any atom is -0.299 e. The van der Waals surface area contributed by atoms with Gasteiger partial charge in [0.25, 0.3) is 0 Å². The molecule has 9 aliphatic heterocycles. The molecule has 1 N–H and O–H groups in total. The average Bonchev–Trinajstić information content (AvgIpc) is 3.11. The predicted molar refractivity (Wildman–Crippen MR) is 215 cm³/mol. The quantitative estimate of drug-likeness (QED) is 0.234. The van der Waals surface area contributed by atoms with Gasteiger partial charge in [0.2, 0.25) is 0 Å². The fourth-order valence-corrected chi connectivity index (χ4v) is 18.5. The molecule has 0 aromatic heterocycles. The summed E-state index contributed by atoms with van der Waals surface area (Å²) in [5.74, 6) is 0. The summed E-state index contributed by atoms with van der Waals surface area (Å²) >= 11 is 0. The van der Waals surface area contributed by atoms with E-state index < -0.39 is 30.0 Å². The normalized spacial score (nSPS) is 38.9. The molecule has 53 heavy (non-hydrogen) atoms. The molecule has 0 saturated carbocycles. The first-order chi connectivity index (χ1) is 25.3. The Labute approximate surface area is 317 Å². The van der Waals surface area contributed by atoms with Gasteiger partial charge < -0.3 is 0 Å². The van der Waals surface area contributed by atoms with Crippen molar-refractivity contribution in [3.8, 4) is 0 Å². The zero-order valence-electron chi connectivity index (χ0n) is 33.4. The first-order valence-corrected chi connectivity index (χ1v) is 25.1. The summed E-state index contributed by atoms with van der Waals surface area (Å²) in [7, 11) is 7.89. The zero-order valence-corrected chi connectivity index (χ0v) is 37.0. The lowest BCUT2D eigenvalue weighted by atomic mass is 10.4. The third-order valence-electron chi connectivity index (χ3n) is 11.8. The SMILES string of the molecule is CN1CCN2CCN(C)P1(=N/N=N/P(=N)(/N=N/N=P13N(C)CCN(CCN1C)CCN3C)/N=N/N=P13N(C)CCN(CCN1C)CCN3C)N(C)CC2. The third-order valence-corrected chi connectivity index (χ3v) is 23.7. The lowest BCUT2D eigenvalue weighted by Crippen LogP contribution is -2.51. The second kappa shape index (κ2) is 17.4. The number of fused-ring (bicyclic) bond motifs is 18. The summed E-state index contributed by atoms with van der Waals surface area (Å²) in [5.41, 5.74) is 0. The van der Waals surface area contributed by atoms with Crippen LogP contribution in [-0.4, -0.2) is 238 Å². The van der Waals surface area contributed by atoms with Crippen molar-refractivity contribution in [3.63, 3.8) is 0 Å². The first kappa shape index (κ1) is 41.9. The van der Waals surface area contributed by atoms with Crippen LogP contribution in [0.15, 0.2) is 44.9 Å². The van der Waals surface area contributed by atoms with Gasteiger partial charge in [-0.15, -0.1) is 14.6 Å². The molecule has 0 aliphatic carbocycles. The van der Waals surface area contributed by atoms with Crippen LogP contribution >= 0.6 is 30.0 Å². The van der Waals surface area contributed by atoms with E-state index >= 15 is 0 Å². The van der Waals surface area contributed by atoms with Crippen molar-refractivity contribution >= 4 is 30.0 Å². The minimum absolute atomic E-state index is 0.857. The number of likely N-dealkylation sites (N-methyl/N-ethyl adjacent to an activating group) is 9. The van der Waals surface area contributed by atoms with E-state index in [1.165, 1.54) is 0 Å². The van der Waals surface area contributed by atoms with Crippen LogP contribution in [0.4, 0.5) is 0 Å². The second-order valence-electron chi connectivity index (χ2n) is 14.9. The molecule has 6 bridgehead atoms. The maximum atomic E-state index is 9.62. The van der Waals surface area contributed by atoms with Gasteiger partial charge >= 0.3 is 7.51 Å². The molecule has 9 rings (SSSR count). The van der Waals surface area contributed by atoms with Gasteiger partial charge in [0, 0.05) is 118 Å². The van der Waals surface area contributed by atoms with Gasteiger partial charge in [-0.2, -0.15) is 0 Å². The lowest BCUT2D eigenvalue weighted by Gasteiger charge is -2.49. The van der Waals surface area contributed by atoms with Crippen LogP contribution in [0.1, 0.15) is 0 Å². The summed E-state index contributed by atoms with van der Waals surface area (Å²) in [5, 5.41) is 23.0. The van der Waals surface area contributed by atoms with E-state index in [2.05, 4.69) is 150 Å². The Hall–Kier alpha value is -0.760. The van der Waals surface area contributed by atoms with Gasteiger partial charge in [0.1, 0.15) is 0 Å². The molecule has 0 atom stereocenters. The molecule has 9 aliphatic rings. The van der Waals surface area contributed by atoms with Crippen LogP contribution in [-0.2, 0) is 0 Å². The summed E-state index contributed by atoms with van der Waals surface area (Å²) in [4.78, 5) is 36.0. The van der Waals surface area contributed by atoms with Crippen LogP contribution in [0, 0.1) is 5.16 Å².